The van der Waals surface area contributed by atoms with Crippen molar-refractivity contribution in [2.75, 3.05) is 6.61 Å². The second kappa shape index (κ2) is 7.58. The lowest BCUT2D eigenvalue weighted by Crippen LogP contribution is -2.34. The maximum Gasteiger partial charge on any atom is 0.0587 e. The average Bonchev–Trinajstić information content (AvgIpc) is 2.46. The van der Waals surface area contributed by atoms with E-state index in [0.29, 0.717) is 0 Å². The predicted octanol–water partition coefficient (Wildman–Crippen LogP) is 3.45. The van der Waals surface area contributed by atoms with E-state index in [1.165, 1.54) is 16.7 Å². The molecule has 0 aromatic heterocycles. The van der Waals surface area contributed by atoms with Crippen LogP contribution in [0, 0.1) is 6.92 Å². The van der Waals surface area contributed by atoms with Crippen molar-refractivity contribution in [3.05, 3.63) is 69.7 Å². The van der Waals surface area contributed by atoms with Crippen molar-refractivity contribution >= 4 is 15.9 Å². The van der Waals surface area contributed by atoms with Gasteiger partial charge in [-0.3, -0.25) is 0 Å². The molecule has 20 heavy (non-hydrogen) atoms. The topological polar surface area (TPSA) is 32.3 Å². The Balaban J connectivity index is 1.93. The van der Waals surface area contributed by atoms with Crippen LogP contribution in [0.5, 0.6) is 0 Å². The molecule has 106 valence electrons. The van der Waals surface area contributed by atoms with Crippen LogP contribution >= 0.6 is 15.9 Å². The number of aliphatic hydroxyl groups is 1. The van der Waals surface area contributed by atoms with Crippen LogP contribution < -0.4 is 5.32 Å². The molecule has 1 atom stereocenters. The van der Waals surface area contributed by atoms with Crippen LogP contribution in [0.3, 0.4) is 0 Å². The van der Waals surface area contributed by atoms with Gasteiger partial charge in [0.15, 0.2) is 0 Å². The van der Waals surface area contributed by atoms with Crippen LogP contribution in [-0.4, -0.2) is 17.8 Å². The number of rotatable bonds is 6. The zero-order chi connectivity index (χ0) is 14.4. The van der Waals surface area contributed by atoms with Gasteiger partial charge in [-0.15, -0.1) is 0 Å². The van der Waals surface area contributed by atoms with E-state index in [2.05, 4.69) is 58.5 Å². The number of hydrogen-bond donors (Lipinski definition) is 2. The first-order valence-electron chi connectivity index (χ1n) is 6.82. The van der Waals surface area contributed by atoms with E-state index in [-0.39, 0.29) is 12.6 Å². The Morgan fingerprint density at radius 2 is 1.90 bits per heavy atom. The quantitative estimate of drug-likeness (QED) is 0.848. The standard InChI is InChI=1S/C17H20BrNO/c1-13-7-8-15(17(18)9-13)11-19-16(12-20)10-14-5-3-2-4-6-14/h2-9,16,19-20H,10-12H2,1H3. The first kappa shape index (κ1) is 15.2. The zero-order valence-electron chi connectivity index (χ0n) is 11.6. The van der Waals surface area contributed by atoms with E-state index in [1.807, 2.05) is 18.2 Å². The highest BCUT2D eigenvalue weighted by Gasteiger charge is 2.09. The van der Waals surface area contributed by atoms with Crippen LogP contribution in [0.25, 0.3) is 0 Å². The van der Waals surface area contributed by atoms with Crippen LogP contribution in [0.2, 0.25) is 0 Å². The third-order valence-electron chi connectivity index (χ3n) is 3.34. The van der Waals surface area contributed by atoms with Crippen molar-refractivity contribution in [2.24, 2.45) is 0 Å². The van der Waals surface area contributed by atoms with E-state index in [0.717, 1.165) is 17.4 Å². The minimum atomic E-state index is 0.0746. The molecule has 0 saturated carbocycles. The van der Waals surface area contributed by atoms with Crippen LogP contribution in [0.15, 0.2) is 53.0 Å². The van der Waals surface area contributed by atoms with Gasteiger partial charge in [-0.05, 0) is 36.1 Å². The van der Waals surface area contributed by atoms with Crippen LogP contribution in [-0.2, 0) is 13.0 Å². The number of nitrogens with one attached hydrogen (secondary N) is 1. The molecule has 2 aromatic rings. The Kier molecular flexibility index (Phi) is 5.77. The van der Waals surface area contributed by atoms with Gasteiger partial charge in [-0.25, -0.2) is 0 Å². The molecule has 2 N–H and O–H groups in total. The van der Waals surface area contributed by atoms with Crippen molar-refractivity contribution in [1.29, 1.82) is 0 Å². The Hall–Kier alpha value is -1.16. The maximum atomic E-state index is 9.50. The molecular weight excluding hydrogens is 314 g/mol. The molecule has 2 rings (SSSR count). The van der Waals surface area contributed by atoms with Gasteiger partial charge in [-0.2, -0.15) is 0 Å². The lowest BCUT2D eigenvalue weighted by atomic mass is 10.1. The summed E-state index contributed by atoms with van der Waals surface area (Å²) in [6.07, 6.45) is 0.834. The molecular formula is C17H20BrNO. The third-order valence-corrected chi connectivity index (χ3v) is 4.07. The summed E-state index contributed by atoms with van der Waals surface area (Å²) in [6, 6.07) is 16.6. The molecule has 0 fully saturated rings. The third kappa shape index (κ3) is 4.44. The molecule has 0 heterocycles. The highest BCUT2D eigenvalue weighted by molar-refractivity contribution is 9.10. The number of aliphatic hydroxyl groups excluding tert-OH is 1. The fourth-order valence-corrected chi connectivity index (χ4v) is 2.78. The average molecular weight is 334 g/mol. The van der Waals surface area contributed by atoms with Crippen molar-refractivity contribution in [3.8, 4) is 0 Å². The Morgan fingerprint density at radius 1 is 1.15 bits per heavy atom. The lowest BCUT2D eigenvalue weighted by molar-refractivity contribution is 0.240. The summed E-state index contributed by atoms with van der Waals surface area (Å²) in [6.45, 7) is 2.96. The zero-order valence-corrected chi connectivity index (χ0v) is 13.2. The number of benzene rings is 2. The number of hydrogen-bond acceptors (Lipinski definition) is 2. The van der Waals surface area contributed by atoms with E-state index in [9.17, 15) is 5.11 Å². The largest absolute Gasteiger partial charge is 0.395 e. The van der Waals surface area contributed by atoms with Crippen molar-refractivity contribution < 1.29 is 5.11 Å². The summed E-state index contributed by atoms with van der Waals surface area (Å²) in [7, 11) is 0. The molecule has 0 bridgehead atoms. The molecule has 0 spiro atoms. The first-order chi connectivity index (χ1) is 9.69. The minimum Gasteiger partial charge on any atom is -0.395 e. The smallest absolute Gasteiger partial charge is 0.0587 e. The summed E-state index contributed by atoms with van der Waals surface area (Å²) in [4.78, 5) is 0. The van der Waals surface area contributed by atoms with E-state index in [4.69, 9.17) is 0 Å². The second-order valence-corrected chi connectivity index (χ2v) is 5.90. The SMILES string of the molecule is Cc1ccc(CNC(CO)Cc2ccccc2)c(Br)c1. The molecule has 0 saturated heterocycles. The summed E-state index contributed by atoms with van der Waals surface area (Å²) in [5.74, 6) is 0. The molecule has 2 aromatic carbocycles. The van der Waals surface area contributed by atoms with Crippen LogP contribution in [0.4, 0.5) is 0 Å². The summed E-state index contributed by atoms with van der Waals surface area (Å²) in [5, 5.41) is 12.9. The molecule has 3 heteroatoms. The monoisotopic (exact) mass is 333 g/mol. The fraction of sp³-hybridized carbons (Fsp3) is 0.294. The Labute approximate surface area is 129 Å². The van der Waals surface area contributed by atoms with Gasteiger partial charge in [0, 0.05) is 17.1 Å². The fourth-order valence-electron chi connectivity index (χ4n) is 2.15. The maximum absolute atomic E-state index is 9.50. The van der Waals surface area contributed by atoms with Gasteiger partial charge in [0.05, 0.1) is 6.61 Å². The van der Waals surface area contributed by atoms with Gasteiger partial charge < -0.3 is 10.4 Å². The number of aryl methyl sites for hydroxylation is 1. The highest BCUT2D eigenvalue weighted by Crippen LogP contribution is 2.18. The minimum absolute atomic E-state index is 0.0746. The van der Waals surface area contributed by atoms with Crippen molar-refractivity contribution in [3.63, 3.8) is 0 Å². The van der Waals surface area contributed by atoms with Gasteiger partial charge in [0.2, 0.25) is 0 Å². The molecule has 0 aliphatic heterocycles. The first-order valence-corrected chi connectivity index (χ1v) is 7.61. The number of halogens is 1. The summed E-state index contributed by atoms with van der Waals surface area (Å²) < 4.78 is 1.11. The summed E-state index contributed by atoms with van der Waals surface area (Å²) in [5.41, 5.74) is 3.69. The molecule has 0 aliphatic carbocycles. The second-order valence-electron chi connectivity index (χ2n) is 5.04. The molecule has 0 amide bonds. The molecule has 1 unspecified atom stereocenters. The predicted molar refractivity (Wildman–Crippen MR) is 86.7 cm³/mol. The van der Waals surface area contributed by atoms with E-state index < -0.39 is 0 Å². The van der Waals surface area contributed by atoms with Crippen molar-refractivity contribution in [2.45, 2.75) is 25.9 Å². The van der Waals surface area contributed by atoms with E-state index in [1.54, 1.807) is 0 Å². The van der Waals surface area contributed by atoms with E-state index >= 15 is 0 Å². The highest BCUT2D eigenvalue weighted by atomic mass is 79.9. The molecule has 2 nitrogen and oxygen atoms in total. The Bertz CT molecular complexity index is 542. The van der Waals surface area contributed by atoms with Gasteiger partial charge in [-0.1, -0.05) is 58.4 Å². The summed E-state index contributed by atoms with van der Waals surface area (Å²) >= 11 is 3.58. The van der Waals surface area contributed by atoms with Gasteiger partial charge >= 0.3 is 0 Å². The normalized spacial score (nSPS) is 12.3. The lowest BCUT2D eigenvalue weighted by Gasteiger charge is -2.17. The van der Waals surface area contributed by atoms with Crippen LogP contribution in [0.1, 0.15) is 16.7 Å². The van der Waals surface area contributed by atoms with Crippen molar-refractivity contribution in [1.82, 2.24) is 5.32 Å². The molecule has 0 aliphatic rings. The Morgan fingerprint density at radius 3 is 2.55 bits per heavy atom. The van der Waals surface area contributed by atoms with Gasteiger partial charge in [0.25, 0.3) is 0 Å². The molecule has 0 radical (unpaired) electrons. The van der Waals surface area contributed by atoms with Gasteiger partial charge in [0.1, 0.15) is 0 Å².